The molecule has 0 amide bonds. The van der Waals surface area contributed by atoms with Crippen molar-refractivity contribution in [1.29, 1.82) is 5.26 Å². The molecular formula is C57H38N4. The fourth-order valence-corrected chi connectivity index (χ4v) is 9.48. The maximum Gasteiger partial charge on any atom is 0.0993 e. The first-order chi connectivity index (χ1) is 30.2. The maximum absolute atomic E-state index is 10.8. The summed E-state index contributed by atoms with van der Waals surface area (Å²) in [5, 5.41) is 19.2. The van der Waals surface area contributed by atoms with Gasteiger partial charge in [0.15, 0.2) is 0 Å². The van der Waals surface area contributed by atoms with E-state index < -0.39 is 0 Å². The lowest BCUT2D eigenvalue weighted by atomic mass is 10.0. The van der Waals surface area contributed by atoms with E-state index in [1.54, 1.807) is 0 Å². The van der Waals surface area contributed by atoms with Gasteiger partial charge in [-0.25, -0.2) is 0 Å². The second-order valence-electron chi connectivity index (χ2n) is 16.1. The molecule has 1 fully saturated rings. The van der Waals surface area contributed by atoms with Gasteiger partial charge in [0.25, 0.3) is 0 Å². The highest BCUT2D eigenvalue weighted by Gasteiger charge is 2.32. The zero-order valence-electron chi connectivity index (χ0n) is 33.3. The molecule has 0 saturated carbocycles. The molecule has 0 aliphatic carbocycles. The largest absolute Gasteiger partial charge is 0.309 e. The fraction of sp³-hybridized carbons (Fsp3) is 0.0351. The number of nitriles is 1. The van der Waals surface area contributed by atoms with Crippen LogP contribution in [0.5, 0.6) is 0 Å². The van der Waals surface area contributed by atoms with E-state index in [4.69, 9.17) is 0 Å². The molecule has 61 heavy (non-hydrogen) atoms. The zero-order valence-corrected chi connectivity index (χ0v) is 33.3. The molecule has 1 aliphatic rings. The third-order valence-electron chi connectivity index (χ3n) is 12.5. The van der Waals surface area contributed by atoms with E-state index in [1.807, 2.05) is 0 Å². The average molecular weight is 779 g/mol. The van der Waals surface area contributed by atoms with Crippen LogP contribution in [0.25, 0.3) is 99.5 Å². The summed E-state index contributed by atoms with van der Waals surface area (Å²) in [6, 6.07) is 76.6. The summed E-state index contributed by atoms with van der Waals surface area (Å²) < 4.78 is 4.81. The highest BCUT2D eigenvalue weighted by atomic mass is 15.1. The topological polar surface area (TPSA) is 55.6 Å². The van der Waals surface area contributed by atoms with Crippen LogP contribution >= 0.6 is 0 Å². The first-order valence-electron chi connectivity index (χ1n) is 20.9. The standard InChI is InChI=1S/C57H38N4/c58-35-37-29-55(60-51-25-21-42(38-13-5-1-6-14-38)31-46(51)47-32-43(22-26-52(47)60)39-15-7-2-8-16-39)57(50-36-59-50)56(30-37)61-53-27-23-44(40-17-9-3-10-18-40)33-48(53)49-34-45(24-28-54(49)61)41-19-11-4-12-20-41/h1-34,50,59H,36H2. The van der Waals surface area contributed by atoms with Crippen molar-refractivity contribution >= 4 is 43.6 Å². The smallest absolute Gasteiger partial charge is 0.0993 e. The molecule has 4 nitrogen and oxygen atoms in total. The molecule has 12 rings (SSSR count). The third kappa shape index (κ3) is 5.86. The van der Waals surface area contributed by atoms with Crippen molar-refractivity contribution in [1.82, 2.24) is 14.5 Å². The lowest BCUT2D eigenvalue weighted by molar-refractivity contribution is 0.992. The van der Waals surface area contributed by atoms with E-state index in [0.717, 1.165) is 40.0 Å². The van der Waals surface area contributed by atoms with Crippen LogP contribution in [0.3, 0.4) is 0 Å². The van der Waals surface area contributed by atoms with Crippen molar-refractivity contribution in [3.63, 3.8) is 0 Å². The van der Waals surface area contributed by atoms with Gasteiger partial charge in [-0.1, -0.05) is 146 Å². The second kappa shape index (κ2) is 14.1. The number of rotatable bonds is 7. The van der Waals surface area contributed by atoms with Crippen molar-refractivity contribution in [3.05, 3.63) is 217 Å². The summed E-state index contributed by atoms with van der Waals surface area (Å²) in [4.78, 5) is 0. The monoisotopic (exact) mass is 778 g/mol. The highest BCUT2D eigenvalue weighted by molar-refractivity contribution is 6.13. The van der Waals surface area contributed by atoms with E-state index >= 15 is 0 Å². The Morgan fingerprint density at radius 2 is 0.672 bits per heavy atom. The molecule has 3 heterocycles. The van der Waals surface area contributed by atoms with Crippen LogP contribution in [0.15, 0.2) is 206 Å². The van der Waals surface area contributed by atoms with Crippen LogP contribution in [-0.4, -0.2) is 15.7 Å². The van der Waals surface area contributed by atoms with Gasteiger partial charge in [-0.3, -0.25) is 0 Å². The highest BCUT2D eigenvalue weighted by Crippen LogP contribution is 2.45. The van der Waals surface area contributed by atoms with Crippen molar-refractivity contribution in [2.24, 2.45) is 0 Å². The van der Waals surface area contributed by atoms with Gasteiger partial charge in [-0.15, -0.1) is 0 Å². The minimum absolute atomic E-state index is 0.108. The number of aromatic nitrogens is 2. The number of nitrogens with one attached hydrogen (secondary N) is 1. The molecule has 1 aliphatic heterocycles. The number of benzene rings is 9. The Kier molecular flexibility index (Phi) is 8.09. The molecule has 1 N–H and O–H groups in total. The van der Waals surface area contributed by atoms with Crippen LogP contribution in [-0.2, 0) is 0 Å². The summed E-state index contributed by atoms with van der Waals surface area (Å²) in [6.45, 7) is 0.854. The molecule has 1 saturated heterocycles. The lowest BCUT2D eigenvalue weighted by Gasteiger charge is -2.20. The van der Waals surface area contributed by atoms with Gasteiger partial charge >= 0.3 is 0 Å². The lowest BCUT2D eigenvalue weighted by Crippen LogP contribution is -2.08. The minimum atomic E-state index is 0.108. The third-order valence-corrected chi connectivity index (χ3v) is 12.5. The SMILES string of the molecule is N#Cc1cc(-n2c3ccc(-c4ccccc4)cc3c3cc(-c4ccccc4)ccc32)c(C2CN2)c(-n2c3ccc(-c4ccccc4)cc3c3cc(-c4ccccc4)ccc32)c1. The summed E-state index contributed by atoms with van der Waals surface area (Å²) in [7, 11) is 0. The van der Waals surface area contributed by atoms with E-state index in [-0.39, 0.29) is 6.04 Å². The van der Waals surface area contributed by atoms with Crippen LogP contribution < -0.4 is 5.32 Å². The van der Waals surface area contributed by atoms with Crippen molar-refractivity contribution in [2.45, 2.75) is 6.04 Å². The Morgan fingerprint density at radius 3 is 0.934 bits per heavy atom. The second-order valence-corrected chi connectivity index (χ2v) is 16.1. The zero-order chi connectivity index (χ0) is 40.4. The Morgan fingerprint density at radius 1 is 0.377 bits per heavy atom. The Balaban J connectivity index is 1.15. The summed E-state index contributed by atoms with van der Waals surface area (Å²) in [5.74, 6) is 0. The molecule has 1 atom stereocenters. The van der Waals surface area contributed by atoms with Gasteiger partial charge in [-0.2, -0.15) is 5.26 Å². The molecule has 0 radical (unpaired) electrons. The van der Waals surface area contributed by atoms with E-state index in [1.165, 1.54) is 71.6 Å². The minimum Gasteiger partial charge on any atom is -0.309 e. The summed E-state index contributed by atoms with van der Waals surface area (Å²) in [6.07, 6.45) is 0. The molecule has 2 aromatic heterocycles. The molecule has 0 bridgehead atoms. The predicted octanol–water partition coefficient (Wildman–Crippen LogP) is 14.1. The Labute approximate surface area is 353 Å². The number of fused-ring (bicyclic) bond motifs is 6. The Bertz CT molecular complexity index is 3100. The van der Waals surface area contributed by atoms with Gasteiger partial charge in [0.1, 0.15) is 0 Å². The van der Waals surface area contributed by atoms with Gasteiger partial charge in [0.2, 0.25) is 0 Å². The van der Waals surface area contributed by atoms with Gasteiger partial charge < -0.3 is 14.5 Å². The van der Waals surface area contributed by atoms with Crippen LogP contribution in [0.4, 0.5) is 0 Å². The molecule has 4 heteroatoms. The maximum atomic E-state index is 10.8. The van der Waals surface area contributed by atoms with Crippen LogP contribution in [0, 0.1) is 11.3 Å². The van der Waals surface area contributed by atoms with Crippen molar-refractivity contribution in [2.75, 3.05) is 6.54 Å². The fourth-order valence-electron chi connectivity index (χ4n) is 9.48. The van der Waals surface area contributed by atoms with E-state index in [2.05, 4.69) is 227 Å². The quantitative estimate of drug-likeness (QED) is 0.164. The van der Waals surface area contributed by atoms with Gasteiger partial charge in [-0.05, 0) is 105 Å². The number of hydrogen-bond acceptors (Lipinski definition) is 2. The molecule has 9 aromatic carbocycles. The first-order valence-corrected chi connectivity index (χ1v) is 20.9. The molecular weight excluding hydrogens is 741 g/mol. The molecule has 11 aromatic rings. The molecule has 286 valence electrons. The average Bonchev–Trinajstić information content (AvgIpc) is 4.06. The van der Waals surface area contributed by atoms with Gasteiger partial charge in [0.05, 0.1) is 45.1 Å². The number of nitrogens with zero attached hydrogens (tertiary/aromatic N) is 3. The summed E-state index contributed by atoms with van der Waals surface area (Å²) >= 11 is 0. The van der Waals surface area contributed by atoms with Gasteiger partial charge in [0, 0.05) is 39.7 Å². The first kappa shape index (κ1) is 35.0. The van der Waals surface area contributed by atoms with Crippen LogP contribution in [0.2, 0.25) is 0 Å². The summed E-state index contributed by atoms with van der Waals surface area (Å²) in [5.41, 5.74) is 17.6. The van der Waals surface area contributed by atoms with E-state index in [0.29, 0.717) is 5.56 Å². The Hall–Kier alpha value is -7.97. The van der Waals surface area contributed by atoms with Crippen molar-refractivity contribution < 1.29 is 0 Å². The normalized spacial score (nSPS) is 13.6. The number of hydrogen-bond donors (Lipinski definition) is 1. The van der Waals surface area contributed by atoms with Crippen molar-refractivity contribution in [3.8, 4) is 62.0 Å². The predicted molar refractivity (Wildman–Crippen MR) is 252 cm³/mol. The van der Waals surface area contributed by atoms with Crippen LogP contribution in [0.1, 0.15) is 17.2 Å². The van der Waals surface area contributed by atoms with E-state index in [9.17, 15) is 5.26 Å². The molecule has 1 unspecified atom stereocenters. The molecule has 0 spiro atoms.